The summed E-state index contributed by atoms with van der Waals surface area (Å²) in [4.78, 5) is 18.8. The fourth-order valence-corrected chi connectivity index (χ4v) is 2.84. The molecule has 3 N–H and O–H groups in total. The van der Waals surface area contributed by atoms with E-state index in [2.05, 4.69) is 15.3 Å². The lowest BCUT2D eigenvalue weighted by Gasteiger charge is -2.16. The number of rotatable bonds is 7. The number of para-hydroxylation sites is 2. The van der Waals surface area contributed by atoms with E-state index in [0.29, 0.717) is 12.2 Å². The number of hydrogen-bond acceptors (Lipinski definition) is 4. The summed E-state index contributed by atoms with van der Waals surface area (Å²) in [5, 5.41) is 13.0. The number of aliphatic carboxylic acids is 1. The highest BCUT2D eigenvalue weighted by Gasteiger charge is 2.17. The molecule has 108 valence electrons. The molecule has 1 unspecified atom stereocenters. The van der Waals surface area contributed by atoms with Gasteiger partial charge in [0.2, 0.25) is 0 Å². The molecule has 0 saturated carbocycles. The van der Waals surface area contributed by atoms with Crippen molar-refractivity contribution in [2.75, 3.05) is 5.75 Å². The average molecular weight is 293 g/mol. The Bertz CT molecular complexity index is 550. The van der Waals surface area contributed by atoms with Crippen LogP contribution in [0.25, 0.3) is 11.0 Å². The van der Waals surface area contributed by atoms with Crippen LogP contribution in [0.5, 0.6) is 0 Å². The van der Waals surface area contributed by atoms with Crippen LogP contribution in [0.4, 0.5) is 0 Å². The van der Waals surface area contributed by atoms with Crippen molar-refractivity contribution in [3.8, 4) is 0 Å². The second-order valence-electron chi connectivity index (χ2n) is 4.91. The van der Waals surface area contributed by atoms with Gasteiger partial charge in [-0.25, -0.2) is 4.98 Å². The second-order valence-corrected chi connectivity index (χ2v) is 5.99. The van der Waals surface area contributed by atoms with Crippen LogP contribution in [0.3, 0.4) is 0 Å². The Kier molecular flexibility index (Phi) is 5.03. The van der Waals surface area contributed by atoms with E-state index in [1.165, 1.54) is 0 Å². The number of H-pyrrole nitrogens is 1. The number of carbonyl (C=O) groups is 1. The molecule has 0 spiro atoms. The number of nitrogens with zero attached hydrogens (tertiary/aromatic N) is 1. The molecule has 2 aromatic rings. The molecule has 2 rings (SSSR count). The summed E-state index contributed by atoms with van der Waals surface area (Å²) in [7, 11) is 0. The Balaban J connectivity index is 1.89. The van der Waals surface area contributed by atoms with Crippen LogP contribution < -0.4 is 5.32 Å². The van der Waals surface area contributed by atoms with Crippen molar-refractivity contribution in [1.82, 2.24) is 15.3 Å². The zero-order chi connectivity index (χ0) is 14.5. The molecule has 5 nitrogen and oxygen atoms in total. The van der Waals surface area contributed by atoms with Crippen molar-refractivity contribution in [3.63, 3.8) is 0 Å². The van der Waals surface area contributed by atoms with Crippen LogP contribution in [0, 0.1) is 0 Å². The molecule has 1 heterocycles. The number of carboxylic acid groups (broad SMARTS) is 1. The van der Waals surface area contributed by atoms with Gasteiger partial charge in [-0.1, -0.05) is 37.7 Å². The molecule has 0 saturated heterocycles. The minimum Gasteiger partial charge on any atom is -0.480 e. The Labute approximate surface area is 122 Å². The smallest absolute Gasteiger partial charge is 0.320 e. The molecular formula is C14H19N3O2S. The molecule has 0 aliphatic carbocycles. The van der Waals surface area contributed by atoms with Gasteiger partial charge in [0.25, 0.3) is 0 Å². The maximum Gasteiger partial charge on any atom is 0.320 e. The van der Waals surface area contributed by atoms with E-state index in [1.54, 1.807) is 11.8 Å². The third-order valence-electron chi connectivity index (χ3n) is 2.85. The van der Waals surface area contributed by atoms with Gasteiger partial charge in [0, 0.05) is 11.8 Å². The SMILES string of the molecule is CC(C)NC(CCSc1nc2ccccc2[nH]1)C(=O)O. The van der Waals surface area contributed by atoms with Crippen LogP contribution in [0.1, 0.15) is 20.3 Å². The first-order valence-electron chi connectivity index (χ1n) is 6.62. The summed E-state index contributed by atoms with van der Waals surface area (Å²) in [6, 6.07) is 7.49. The fraction of sp³-hybridized carbons (Fsp3) is 0.429. The average Bonchev–Trinajstić information content (AvgIpc) is 2.79. The Hall–Kier alpha value is -1.53. The monoisotopic (exact) mass is 293 g/mol. The van der Waals surface area contributed by atoms with E-state index >= 15 is 0 Å². The van der Waals surface area contributed by atoms with Crippen LogP contribution in [0.2, 0.25) is 0 Å². The van der Waals surface area contributed by atoms with E-state index in [-0.39, 0.29) is 6.04 Å². The largest absolute Gasteiger partial charge is 0.480 e. The first kappa shape index (κ1) is 14.9. The van der Waals surface area contributed by atoms with Crippen LogP contribution in [0.15, 0.2) is 29.4 Å². The summed E-state index contributed by atoms with van der Waals surface area (Å²) in [5.41, 5.74) is 1.94. The molecule has 0 aliphatic rings. The molecular weight excluding hydrogens is 274 g/mol. The number of aromatic amines is 1. The second kappa shape index (κ2) is 6.76. The van der Waals surface area contributed by atoms with Gasteiger partial charge in [0.15, 0.2) is 5.16 Å². The maximum absolute atomic E-state index is 11.1. The van der Waals surface area contributed by atoms with E-state index < -0.39 is 12.0 Å². The van der Waals surface area contributed by atoms with Gasteiger partial charge in [-0.05, 0) is 18.6 Å². The number of imidazole rings is 1. The predicted molar refractivity (Wildman–Crippen MR) is 81.1 cm³/mol. The lowest BCUT2D eigenvalue weighted by molar-refractivity contribution is -0.139. The van der Waals surface area contributed by atoms with Gasteiger partial charge in [0.05, 0.1) is 11.0 Å². The maximum atomic E-state index is 11.1. The van der Waals surface area contributed by atoms with Crippen molar-refractivity contribution >= 4 is 28.8 Å². The van der Waals surface area contributed by atoms with Crippen molar-refractivity contribution in [2.45, 2.75) is 37.5 Å². The zero-order valence-electron chi connectivity index (χ0n) is 11.6. The number of hydrogen-bond donors (Lipinski definition) is 3. The molecule has 0 radical (unpaired) electrons. The molecule has 20 heavy (non-hydrogen) atoms. The van der Waals surface area contributed by atoms with Crippen LogP contribution in [-0.2, 0) is 4.79 Å². The first-order chi connectivity index (χ1) is 9.56. The summed E-state index contributed by atoms with van der Waals surface area (Å²) < 4.78 is 0. The molecule has 0 bridgehead atoms. The lowest BCUT2D eigenvalue weighted by atomic mass is 10.2. The number of aromatic nitrogens is 2. The number of benzene rings is 1. The minimum atomic E-state index is -0.802. The van der Waals surface area contributed by atoms with Gasteiger partial charge < -0.3 is 15.4 Å². The summed E-state index contributed by atoms with van der Waals surface area (Å²) in [5.74, 6) is -0.0971. The Morgan fingerprint density at radius 3 is 2.85 bits per heavy atom. The van der Waals surface area contributed by atoms with Crippen molar-refractivity contribution in [2.24, 2.45) is 0 Å². The van der Waals surface area contributed by atoms with Crippen molar-refractivity contribution in [1.29, 1.82) is 0 Å². The summed E-state index contributed by atoms with van der Waals surface area (Å²) in [6.45, 7) is 3.89. The summed E-state index contributed by atoms with van der Waals surface area (Å²) >= 11 is 1.55. The third kappa shape index (κ3) is 3.98. The molecule has 0 fully saturated rings. The van der Waals surface area contributed by atoms with Gasteiger partial charge in [-0.15, -0.1) is 0 Å². The molecule has 0 aliphatic heterocycles. The Morgan fingerprint density at radius 2 is 2.20 bits per heavy atom. The number of nitrogens with one attached hydrogen (secondary N) is 2. The molecule has 1 aromatic carbocycles. The standard InChI is InChI=1S/C14H19N3O2S/c1-9(2)15-12(13(18)19)7-8-20-14-16-10-5-3-4-6-11(10)17-14/h3-6,9,12,15H,7-8H2,1-2H3,(H,16,17)(H,18,19). The van der Waals surface area contributed by atoms with Crippen molar-refractivity contribution in [3.05, 3.63) is 24.3 Å². The fourth-order valence-electron chi connectivity index (χ4n) is 1.95. The van der Waals surface area contributed by atoms with Gasteiger partial charge in [-0.2, -0.15) is 0 Å². The highest BCUT2D eigenvalue weighted by molar-refractivity contribution is 7.99. The van der Waals surface area contributed by atoms with Crippen LogP contribution in [-0.4, -0.2) is 38.9 Å². The van der Waals surface area contributed by atoms with Crippen LogP contribution >= 0.6 is 11.8 Å². The third-order valence-corrected chi connectivity index (χ3v) is 3.75. The number of fused-ring (bicyclic) bond motifs is 1. The predicted octanol–water partition coefficient (Wildman–Crippen LogP) is 2.50. The van der Waals surface area contributed by atoms with Gasteiger partial charge in [0.1, 0.15) is 6.04 Å². The first-order valence-corrected chi connectivity index (χ1v) is 7.61. The Morgan fingerprint density at radius 1 is 1.45 bits per heavy atom. The van der Waals surface area contributed by atoms with E-state index in [0.717, 1.165) is 16.2 Å². The van der Waals surface area contributed by atoms with Crippen molar-refractivity contribution < 1.29 is 9.90 Å². The molecule has 1 aromatic heterocycles. The van der Waals surface area contributed by atoms with Gasteiger partial charge >= 0.3 is 5.97 Å². The summed E-state index contributed by atoms with van der Waals surface area (Å²) in [6.07, 6.45) is 0.565. The van der Waals surface area contributed by atoms with Gasteiger partial charge in [-0.3, -0.25) is 4.79 Å². The minimum absolute atomic E-state index is 0.160. The lowest BCUT2D eigenvalue weighted by Crippen LogP contribution is -2.41. The van der Waals surface area contributed by atoms with E-state index in [4.69, 9.17) is 5.11 Å². The number of carboxylic acids is 1. The normalized spacial score (nSPS) is 12.9. The number of thioether (sulfide) groups is 1. The molecule has 0 amide bonds. The quantitative estimate of drug-likeness (QED) is 0.684. The zero-order valence-corrected chi connectivity index (χ0v) is 12.4. The highest BCUT2D eigenvalue weighted by Crippen LogP contribution is 2.20. The van der Waals surface area contributed by atoms with E-state index in [1.807, 2.05) is 38.1 Å². The van der Waals surface area contributed by atoms with E-state index in [9.17, 15) is 4.79 Å². The molecule has 6 heteroatoms. The highest BCUT2D eigenvalue weighted by atomic mass is 32.2. The molecule has 1 atom stereocenters. The topological polar surface area (TPSA) is 78.0 Å².